The smallest absolute Gasteiger partial charge is 0.265 e. The van der Waals surface area contributed by atoms with Gasteiger partial charge in [0.15, 0.2) is 0 Å². The van der Waals surface area contributed by atoms with Gasteiger partial charge in [0.1, 0.15) is 0 Å². The molecular formula is C41H45NO12S4. The Kier molecular flexibility index (Phi) is 13.5. The maximum absolute atomic E-state index is 13.4. The van der Waals surface area contributed by atoms with E-state index in [1.807, 2.05) is 0 Å². The number of rotatable bonds is 18. The molecule has 58 heavy (non-hydrogen) atoms. The zero-order valence-electron chi connectivity index (χ0n) is 32.8. The van der Waals surface area contributed by atoms with E-state index >= 15 is 0 Å². The van der Waals surface area contributed by atoms with E-state index in [0.717, 1.165) is 22.3 Å². The third kappa shape index (κ3) is 11.0. The fourth-order valence-electron chi connectivity index (χ4n) is 5.41. The Morgan fingerprint density at radius 2 is 0.586 bits per heavy atom. The minimum absolute atomic E-state index is 0.0669. The fraction of sp³-hybridized carbons (Fsp3) is 0.293. The average Bonchev–Trinajstić information content (AvgIpc) is 3.19. The first-order valence-electron chi connectivity index (χ1n) is 17.9. The predicted molar refractivity (Wildman–Crippen MR) is 216 cm³/mol. The van der Waals surface area contributed by atoms with Gasteiger partial charge in [0.05, 0.1) is 68.2 Å². The Labute approximate surface area is 341 Å². The van der Waals surface area contributed by atoms with Crippen LogP contribution in [0.25, 0.3) is 0 Å². The third-order valence-corrected chi connectivity index (χ3v) is 14.5. The molecule has 0 spiro atoms. The summed E-state index contributed by atoms with van der Waals surface area (Å²) < 4.78 is 129. The van der Waals surface area contributed by atoms with Crippen molar-refractivity contribution >= 4 is 40.5 Å². The highest BCUT2D eigenvalue weighted by atomic mass is 32.2. The molecular weight excluding hydrogens is 827 g/mol. The van der Waals surface area contributed by atoms with E-state index < -0.39 is 77.7 Å². The zero-order valence-corrected chi connectivity index (χ0v) is 36.0. The van der Waals surface area contributed by atoms with Gasteiger partial charge in [-0.3, -0.25) is 21.7 Å². The molecule has 0 saturated heterocycles. The SMILES string of the molecule is Cc1ccc(S(=O)(=O)OCC(C)(COS(=O)(=O)c2ccc(C)cc2)c2cccc(C(C)(COS(=O)(=O)c3ccc(C)cc3)COS(=O)(=O)c3ccc(C)cc3)n2)cc1. The topological polar surface area (TPSA) is 186 Å². The normalized spacial score (nSPS) is 13.1. The predicted octanol–water partition coefficient (Wildman–Crippen LogP) is 6.45. The Morgan fingerprint density at radius 1 is 0.379 bits per heavy atom. The highest BCUT2D eigenvalue weighted by Crippen LogP contribution is 2.32. The largest absolute Gasteiger partial charge is 0.297 e. The molecule has 0 aliphatic carbocycles. The van der Waals surface area contributed by atoms with Crippen molar-refractivity contribution < 1.29 is 50.4 Å². The molecule has 5 rings (SSSR count). The molecule has 0 N–H and O–H groups in total. The lowest BCUT2D eigenvalue weighted by Gasteiger charge is -2.32. The van der Waals surface area contributed by atoms with Crippen LogP contribution in [0.3, 0.4) is 0 Å². The van der Waals surface area contributed by atoms with Crippen molar-refractivity contribution in [1.82, 2.24) is 4.98 Å². The molecule has 4 aromatic carbocycles. The van der Waals surface area contributed by atoms with Crippen LogP contribution in [0.15, 0.2) is 135 Å². The van der Waals surface area contributed by atoms with Crippen molar-refractivity contribution in [3.8, 4) is 0 Å². The highest BCUT2D eigenvalue weighted by Gasteiger charge is 2.39. The van der Waals surface area contributed by atoms with E-state index in [1.54, 1.807) is 76.2 Å². The maximum Gasteiger partial charge on any atom is 0.297 e. The van der Waals surface area contributed by atoms with Gasteiger partial charge in [-0.2, -0.15) is 33.7 Å². The average molecular weight is 872 g/mol. The zero-order chi connectivity index (χ0) is 42.6. The molecule has 17 heteroatoms. The molecule has 1 aromatic heterocycles. The maximum atomic E-state index is 13.4. The Balaban J connectivity index is 1.54. The van der Waals surface area contributed by atoms with Crippen molar-refractivity contribution in [1.29, 1.82) is 0 Å². The summed E-state index contributed by atoms with van der Waals surface area (Å²) in [5.41, 5.74) is 0.159. The van der Waals surface area contributed by atoms with Crippen LogP contribution in [0, 0.1) is 27.7 Å². The van der Waals surface area contributed by atoms with Crippen molar-refractivity contribution in [3.63, 3.8) is 0 Å². The minimum Gasteiger partial charge on any atom is -0.265 e. The first-order valence-corrected chi connectivity index (χ1v) is 23.5. The van der Waals surface area contributed by atoms with Gasteiger partial charge in [0.2, 0.25) is 0 Å². The Morgan fingerprint density at radius 3 is 0.793 bits per heavy atom. The lowest BCUT2D eigenvalue weighted by Crippen LogP contribution is -2.40. The molecule has 310 valence electrons. The van der Waals surface area contributed by atoms with Gasteiger partial charge in [-0.1, -0.05) is 76.9 Å². The minimum atomic E-state index is -4.38. The van der Waals surface area contributed by atoms with Crippen LogP contribution < -0.4 is 0 Å². The molecule has 0 bridgehead atoms. The van der Waals surface area contributed by atoms with E-state index in [2.05, 4.69) is 0 Å². The van der Waals surface area contributed by atoms with Crippen LogP contribution in [0.1, 0.15) is 47.5 Å². The van der Waals surface area contributed by atoms with Crippen LogP contribution in [0.4, 0.5) is 0 Å². The summed E-state index contributed by atoms with van der Waals surface area (Å²) in [4.78, 5) is 4.21. The summed E-state index contributed by atoms with van der Waals surface area (Å²) in [7, 11) is -17.5. The Hall–Kier alpha value is -4.33. The molecule has 13 nitrogen and oxygen atoms in total. The highest BCUT2D eigenvalue weighted by molar-refractivity contribution is 7.87. The van der Waals surface area contributed by atoms with Crippen LogP contribution in [0.2, 0.25) is 0 Å². The van der Waals surface area contributed by atoms with Gasteiger partial charge in [-0.15, -0.1) is 0 Å². The van der Waals surface area contributed by atoms with Crippen molar-refractivity contribution in [3.05, 3.63) is 149 Å². The summed E-state index contributed by atoms with van der Waals surface area (Å²) in [5.74, 6) is 0. The van der Waals surface area contributed by atoms with Crippen molar-refractivity contribution in [2.75, 3.05) is 26.4 Å². The summed E-state index contributed by atoms with van der Waals surface area (Å²) in [6, 6.07) is 28.3. The van der Waals surface area contributed by atoms with Gasteiger partial charge in [0, 0.05) is 0 Å². The molecule has 0 radical (unpaired) electrons. The molecule has 0 amide bonds. The molecule has 0 unspecified atom stereocenters. The molecule has 0 aliphatic rings. The number of aryl methyl sites for hydroxylation is 4. The van der Waals surface area contributed by atoms with E-state index in [4.69, 9.17) is 21.7 Å². The molecule has 0 fully saturated rings. The van der Waals surface area contributed by atoms with Crippen molar-refractivity contribution in [2.24, 2.45) is 0 Å². The first kappa shape index (κ1) is 44.8. The number of benzene rings is 4. The fourth-order valence-corrected chi connectivity index (χ4v) is 9.49. The van der Waals surface area contributed by atoms with Gasteiger partial charge < -0.3 is 0 Å². The van der Waals surface area contributed by atoms with Gasteiger partial charge in [0.25, 0.3) is 40.5 Å². The van der Waals surface area contributed by atoms with Crippen LogP contribution in [-0.4, -0.2) is 65.1 Å². The molecule has 0 saturated carbocycles. The second-order valence-electron chi connectivity index (χ2n) is 14.6. The number of hydrogen-bond acceptors (Lipinski definition) is 13. The second-order valence-corrected chi connectivity index (χ2v) is 21.1. The van der Waals surface area contributed by atoms with E-state index in [0.29, 0.717) is 0 Å². The Bertz CT molecular complexity index is 2320. The van der Waals surface area contributed by atoms with Crippen LogP contribution >= 0.6 is 0 Å². The van der Waals surface area contributed by atoms with Crippen molar-refractivity contribution in [2.45, 2.75) is 72.0 Å². The summed E-state index contributed by atoms with van der Waals surface area (Å²) in [6.07, 6.45) is 0. The molecule has 0 aliphatic heterocycles. The lowest BCUT2D eigenvalue weighted by atomic mass is 9.85. The monoisotopic (exact) mass is 871 g/mol. The van der Waals surface area contributed by atoms with E-state index in [9.17, 15) is 33.7 Å². The second kappa shape index (κ2) is 17.5. The molecule has 5 aromatic rings. The number of pyridine rings is 1. The number of nitrogens with zero attached hydrogens (tertiary/aromatic N) is 1. The number of aromatic nitrogens is 1. The quantitative estimate of drug-likeness (QED) is 0.0876. The van der Waals surface area contributed by atoms with Crippen LogP contribution in [-0.2, 0) is 68.0 Å². The molecule has 1 heterocycles. The van der Waals surface area contributed by atoms with E-state index in [-0.39, 0.29) is 31.0 Å². The molecule has 0 atom stereocenters. The summed E-state index contributed by atoms with van der Waals surface area (Å²) >= 11 is 0. The third-order valence-electron chi connectivity index (χ3n) is 9.36. The van der Waals surface area contributed by atoms with Gasteiger partial charge in [-0.25, -0.2) is 0 Å². The number of hydrogen-bond donors (Lipinski definition) is 0. The lowest BCUT2D eigenvalue weighted by molar-refractivity contribution is 0.152. The van der Waals surface area contributed by atoms with Gasteiger partial charge >= 0.3 is 0 Å². The summed E-state index contributed by atoms with van der Waals surface area (Å²) in [5, 5.41) is 0. The first-order chi connectivity index (χ1) is 27.0. The standard InChI is InChI=1S/C41H45NO12S4/c1-30-10-18-34(19-11-30)55(43,44)51-26-40(5,27-52-56(45,46)35-20-12-31(2)13-21-35)38-8-7-9-39(42-38)41(6,28-53-57(47,48)36-22-14-32(3)15-23-36)29-54-58(49,50)37-24-16-33(4)17-25-37/h7-25H,26-29H2,1-6H3. The summed E-state index contributed by atoms with van der Waals surface area (Å²) in [6.45, 7) is 7.51. The van der Waals surface area contributed by atoms with E-state index in [1.165, 1.54) is 80.6 Å². The van der Waals surface area contributed by atoms with Gasteiger partial charge in [-0.05, 0) is 102 Å². The van der Waals surface area contributed by atoms with Crippen LogP contribution in [0.5, 0.6) is 0 Å².